The molecule has 0 saturated carbocycles. The third kappa shape index (κ3) is 7.14. The van der Waals surface area contributed by atoms with Gasteiger partial charge in [0.15, 0.2) is 5.96 Å². The molecule has 29 heavy (non-hydrogen) atoms. The molecule has 0 bridgehead atoms. The lowest BCUT2D eigenvalue weighted by molar-refractivity contribution is -0.114. The summed E-state index contributed by atoms with van der Waals surface area (Å²) < 4.78 is 1.10. The number of carbonyl (C=O) groups is 1. The van der Waals surface area contributed by atoms with Crippen molar-refractivity contribution in [2.24, 2.45) is 4.99 Å². The van der Waals surface area contributed by atoms with E-state index < -0.39 is 0 Å². The first-order chi connectivity index (χ1) is 13.7. The molecule has 0 aliphatic carbocycles. The molecule has 1 saturated heterocycles. The van der Waals surface area contributed by atoms with Crippen LogP contribution in [0.2, 0.25) is 0 Å². The van der Waals surface area contributed by atoms with Gasteiger partial charge >= 0.3 is 0 Å². The van der Waals surface area contributed by atoms with Crippen molar-refractivity contribution in [1.29, 1.82) is 0 Å². The molecule has 1 amide bonds. The standard InChI is InChI=1S/C20H25BrN6O.HI/c1-2-23-20(24-13-19(28)25-15-6-5-10-22-12-15)26-16-9-11-27(14-16)18-8-4-3-7-17(18)21;/h3-8,10,12,16H,2,9,11,13-14H2,1H3,(H,25,28)(H2,23,24,26);1H. The van der Waals surface area contributed by atoms with Crippen LogP contribution in [0, 0.1) is 0 Å². The van der Waals surface area contributed by atoms with Gasteiger partial charge in [0.2, 0.25) is 5.91 Å². The van der Waals surface area contributed by atoms with Crippen LogP contribution in [-0.2, 0) is 4.79 Å². The van der Waals surface area contributed by atoms with Crippen molar-refractivity contribution in [3.05, 3.63) is 53.3 Å². The van der Waals surface area contributed by atoms with Crippen molar-refractivity contribution < 1.29 is 4.79 Å². The Morgan fingerprint density at radius 3 is 2.86 bits per heavy atom. The second kappa shape index (κ2) is 12.0. The van der Waals surface area contributed by atoms with Crippen LogP contribution in [0.3, 0.4) is 0 Å². The summed E-state index contributed by atoms with van der Waals surface area (Å²) in [5, 5.41) is 9.45. The number of para-hydroxylation sites is 1. The molecule has 2 heterocycles. The van der Waals surface area contributed by atoms with E-state index >= 15 is 0 Å². The first-order valence-corrected chi connectivity index (χ1v) is 10.2. The van der Waals surface area contributed by atoms with E-state index in [1.807, 2.05) is 19.1 Å². The number of pyridine rings is 1. The zero-order valence-electron chi connectivity index (χ0n) is 16.3. The van der Waals surface area contributed by atoms with Gasteiger partial charge in [0.05, 0.1) is 17.6 Å². The van der Waals surface area contributed by atoms with Gasteiger partial charge in [-0.2, -0.15) is 0 Å². The second-order valence-electron chi connectivity index (χ2n) is 6.51. The molecular weight excluding hydrogens is 547 g/mol. The average Bonchev–Trinajstić information content (AvgIpc) is 3.16. The Morgan fingerprint density at radius 2 is 2.14 bits per heavy atom. The molecule has 0 spiro atoms. The Hall–Kier alpha value is -1.88. The van der Waals surface area contributed by atoms with E-state index in [0.29, 0.717) is 11.6 Å². The molecule has 1 aliphatic heterocycles. The molecule has 3 N–H and O–H groups in total. The Kier molecular flexibility index (Phi) is 9.65. The highest BCUT2D eigenvalue weighted by atomic mass is 127. The van der Waals surface area contributed by atoms with Crippen LogP contribution < -0.4 is 20.9 Å². The number of anilines is 2. The summed E-state index contributed by atoms with van der Waals surface area (Å²) in [6.45, 7) is 4.65. The van der Waals surface area contributed by atoms with Gasteiger partial charge in [0, 0.05) is 36.3 Å². The fraction of sp³-hybridized carbons (Fsp3) is 0.350. The number of aromatic nitrogens is 1. The largest absolute Gasteiger partial charge is 0.368 e. The lowest BCUT2D eigenvalue weighted by atomic mass is 10.3. The average molecular weight is 573 g/mol. The minimum atomic E-state index is -0.175. The van der Waals surface area contributed by atoms with Crippen LogP contribution in [0.5, 0.6) is 0 Å². The Bertz CT molecular complexity index is 820. The number of aliphatic imine (C=N–C) groups is 1. The minimum absolute atomic E-state index is 0. The number of rotatable bonds is 6. The van der Waals surface area contributed by atoms with Gasteiger partial charge in [0.25, 0.3) is 0 Å². The minimum Gasteiger partial charge on any atom is -0.368 e. The molecule has 1 aromatic carbocycles. The van der Waals surface area contributed by atoms with Crippen molar-refractivity contribution >= 4 is 63.1 Å². The second-order valence-corrected chi connectivity index (χ2v) is 7.37. The van der Waals surface area contributed by atoms with Crippen molar-refractivity contribution in [2.75, 3.05) is 36.4 Å². The Balaban J connectivity index is 0.00000300. The number of nitrogens with zero attached hydrogens (tertiary/aromatic N) is 3. The molecule has 1 aromatic heterocycles. The highest BCUT2D eigenvalue weighted by Crippen LogP contribution is 2.28. The lowest BCUT2D eigenvalue weighted by Gasteiger charge is -2.21. The Morgan fingerprint density at radius 1 is 1.31 bits per heavy atom. The van der Waals surface area contributed by atoms with Gasteiger partial charge in [-0.1, -0.05) is 12.1 Å². The fourth-order valence-electron chi connectivity index (χ4n) is 3.11. The first-order valence-electron chi connectivity index (χ1n) is 9.40. The molecule has 156 valence electrons. The van der Waals surface area contributed by atoms with Crippen molar-refractivity contribution in [1.82, 2.24) is 15.6 Å². The number of hydrogen-bond donors (Lipinski definition) is 3. The molecule has 0 radical (unpaired) electrons. The van der Waals surface area contributed by atoms with Gasteiger partial charge in [-0.05, 0) is 53.5 Å². The SMILES string of the molecule is CCNC(=NCC(=O)Nc1cccnc1)NC1CCN(c2ccccc2Br)C1.I. The number of benzene rings is 1. The topological polar surface area (TPSA) is 81.6 Å². The van der Waals surface area contributed by atoms with Gasteiger partial charge in [-0.15, -0.1) is 24.0 Å². The van der Waals surface area contributed by atoms with E-state index in [1.54, 1.807) is 24.5 Å². The summed E-state index contributed by atoms with van der Waals surface area (Å²) in [7, 11) is 0. The maximum atomic E-state index is 12.1. The first kappa shape index (κ1) is 23.4. The molecule has 2 aromatic rings. The number of carbonyl (C=O) groups excluding carboxylic acids is 1. The maximum Gasteiger partial charge on any atom is 0.246 e. The van der Waals surface area contributed by atoms with Gasteiger partial charge in [-0.25, -0.2) is 4.99 Å². The molecule has 3 rings (SSSR count). The summed E-state index contributed by atoms with van der Waals surface area (Å²) in [5.74, 6) is 0.481. The summed E-state index contributed by atoms with van der Waals surface area (Å²) in [4.78, 5) is 22.9. The van der Waals surface area contributed by atoms with Crippen LogP contribution in [0.1, 0.15) is 13.3 Å². The lowest BCUT2D eigenvalue weighted by Crippen LogP contribution is -2.45. The number of nitrogens with one attached hydrogen (secondary N) is 3. The molecule has 1 unspecified atom stereocenters. The predicted molar refractivity (Wildman–Crippen MR) is 132 cm³/mol. The van der Waals surface area contributed by atoms with Crippen LogP contribution in [-0.4, -0.2) is 49.1 Å². The normalized spacial score (nSPS) is 16.1. The van der Waals surface area contributed by atoms with Crippen molar-refractivity contribution in [2.45, 2.75) is 19.4 Å². The molecular formula is C20H26BrIN6O. The van der Waals surface area contributed by atoms with Crippen LogP contribution in [0.4, 0.5) is 11.4 Å². The van der Waals surface area contributed by atoms with Gasteiger partial charge in [-0.3, -0.25) is 9.78 Å². The van der Waals surface area contributed by atoms with Gasteiger partial charge < -0.3 is 20.9 Å². The van der Waals surface area contributed by atoms with Crippen LogP contribution >= 0.6 is 39.9 Å². The van der Waals surface area contributed by atoms with E-state index in [-0.39, 0.29) is 42.5 Å². The maximum absolute atomic E-state index is 12.1. The zero-order chi connectivity index (χ0) is 19.8. The number of amides is 1. The smallest absolute Gasteiger partial charge is 0.246 e. The van der Waals surface area contributed by atoms with E-state index in [4.69, 9.17) is 0 Å². The van der Waals surface area contributed by atoms with E-state index in [0.717, 1.165) is 30.5 Å². The molecule has 9 heteroatoms. The highest BCUT2D eigenvalue weighted by molar-refractivity contribution is 14.0. The monoisotopic (exact) mass is 572 g/mol. The van der Waals surface area contributed by atoms with Crippen LogP contribution in [0.15, 0.2) is 58.3 Å². The Labute approximate surface area is 196 Å². The van der Waals surface area contributed by atoms with Crippen LogP contribution in [0.25, 0.3) is 0 Å². The molecule has 7 nitrogen and oxygen atoms in total. The summed E-state index contributed by atoms with van der Waals surface area (Å²) in [6.07, 6.45) is 4.29. The quantitative estimate of drug-likeness (QED) is 0.281. The summed E-state index contributed by atoms with van der Waals surface area (Å²) >= 11 is 3.62. The van der Waals surface area contributed by atoms with Crippen molar-refractivity contribution in [3.8, 4) is 0 Å². The highest BCUT2D eigenvalue weighted by Gasteiger charge is 2.24. The number of hydrogen-bond acceptors (Lipinski definition) is 4. The third-order valence-corrected chi connectivity index (χ3v) is 5.06. The molecule has 1 fully saturated rings. The molecule has 1 aliphatic rings. The van der Waals surface area contributed by atoms with E-state index in [9.17, 15) is 4.79 Å². The fourth-order valence-corrected chi connectivity index (χ4v) is 3.64. The van der Waals surface area contributed by atoms with Gasteiger partial charge in [0.1, 0.15) is 6.54 Å². The zero-order valence-corrected chi connectivity index (χ0v) is 20.2. The molecule has 1 atom stereocenters. The number of halogens is 2. The van der Waals surface area contributed by atoms with E-state index in [1.165, 1.54) is 5.69 Å². The predicted octanol–water partition coefficient (Wildman–Crippen LogP) is 3.23. The van der Waals surface area contributed by atoms with Crippen molar-refractivity contribution in [3.63, 3.8) is 0 Å². The summed E-state index contributed by atoms with van der Waals surface area (Å²) in [6, 6.07) is 12.1. The van der Waals surface area contributed by atoms with E-state index in [2.05, 4.69) is 58.9 Å². The summed E-state index contributed by atoms with van der Waals surface area (Å²) in [5.41, 5.74) is 1.87. The number of guanidine groups is 1. The third-order valence-electron chi connectivity index (χ3n) is 4.39.